The van der Waals surface area contributed by atoms with Crippen LogP contribution in [0.4, 0.5) is 0 Å². The van der Waals surface area contributed by atoms with Crippen LogP contribution in [0.1, 0.15) is 13.8 Å². The van der Waals surface area contributed by atoms with E-state index in [4.69, 9.17) is 0 Å². The zero-order valence-corrected chi connectivity index (χ0v) is 6.06. The molecule has 0 aliphatic carbocycles. The smallest absolute Gasteiger partial charge is 0.266 e. The number of hydrogen-bond donors (Lipinski definition) is 0. The monoisotopic (exact) mass is 116 g/mol. The zero-order chi connectivity index (χ0) is 6.78. The van der Waals surface area contributed by atoms with E-state index in [9.17, 15) is 4.79 Å². The Bertz CT molecular complexity index is 96.7. The Balaban J connectivity index is 3.91. The van der Waals surface area contributed by atoms with Crippen LogP contribution in [0.15, 0.2) is 0 Å². The Labute approximate surface area is 50.7 Å². The van der Waals surface area contributed by atoms with Gasteiger partial charge in [-0.15, -0.1) is 0 Å². The second kappa shape index (κ2) is 2.27. The highest BCUT2D eigenvalue weighted by molar-refractivity contribution is 5.65. The van der Waals surface area contributed by atoms with E-state index in [-0.39, 0.29) is 5.91 Å². The summed E-state index contributed by atoms with van der Waals surface area (Å²) < 4.78 is 0.486. The fraction of sp³-hybridized carbons (Fsp3) is 0.833. The second-order valence-electron chi connectivity index (χ2n) is 2.52. The van der Waals surface area contributed by atoms with Crippen LogP contribution in [0.3, 0.4) is 0 Å². The van der Waals surface area contributed by atoms with Crippen molar-refractivity contribution in [1.29, 1.82) is 0 Å². The predicted octanol–water partition coefficient (Wildman–Crippen LogP) is 0.629. The highest BCUT2D eigenvalue weighted by Gasteiger charge is 2.17. The topological polar surface area (TPSA) is 17.1 Å². The molecule has 0 aliphatic rings. The average molecular weight is 116 g/mol. The van der Waals surface area contributed by atoms with Crippen molar-refractivity contribution in [3.63, 3.8) is 0 Å². The molecular formula is C6H14NO+. The van der Waals surface area contributed by atoms with Gasteiger partial charge >= 0.3 is 5.91 Å². The molecule has 8 heavy (non-hydrogen) atoms. The Hall–Kier alpha value is -0.370. The molecule has 0 saturated heterocycles. The van der Waals surface area contributed by atoms with Gasteiger partial charge in [-0.3, -0.25) is 4.48 Å². The SMILES string of the molecule is CC[N+](C)(C)C(C)=O. The van der Waals surface area contributed by atoms with E-state index >= 15 is 0 Å². The van der Waals surface area contributed by atoms with Crippen molar-refractivity contribution in [2.24, 2.45) is 0 Å². The molecule has 1 amide bonds. The summed E-state index contributed by atoms with van der Waals surface area (Å²) in [5.41, 5.74) is 0. The molecule has 0 bridgehead atoms. The minimum absolute atomic E-state index is 0.215. The Morgan fingerprint density at radius 3 is 1.88 bits per heavy atom. The molecule has 2 nitrogen and oxygen atoms in total. The van der Waals surface area contributed by atoms with Gasteiger partial charge in [0.1, 0.15) is 0 Å². The predicted molar refractivity (Wildman–Crippen MR) is 33.3 cm³/mol. The van der Waals surface area contributed by atoms with E-state index in [2.05, 4.69) is 0 Å². The van der Waals surface area contributed by atoms with Crippen molar-refractivity contribution in [2.45, 2.75) is 13.8 Å². The van der Waals surface area contributed by atoms with E-state index in [1.54, 1.807) is 6.92 Å². The fourth-order valence-electron chi connectivity index (χ4n) is 0.223. The van der Waals surface area contributed by atoms with Crippen molar-refractivity contribution in [1.82, 2.24) is 0 Å². The molecule has 0 unspecified atom stereocenters. The van der Waals surface area contributed by atoms with Crippen molar-refractivity contribution in [3.05, 3.63) is 0 Å². The first-order chi connectivity index (χ1) is 3.50. The number of quaternary nitrogens is 1. The maximum absolute atomic E-state index is 10.7. The van der Waals surface area contributed by atoms with Crippen molar-refractivity contribution in [2.75, 3.05) is 20.6 Å². The zero-order valence-electron chi connectivity index (χ0n) is 6.06. The van der Waals surface area contributed by atoms with Crippen LogP contribution >= 0.6 is 0 Å². The molecule has 0 aliphatic heterocycles. The molecule has 0 aromatic rings. The van der Waals surface area contributed by atoms with E-state index in [0.717, 1.165) is 6.54 Å². The molecule has 0 aromatic carbocycles. The lowest BCUT2D eigenvalue weighted by Crippen LogP contribution is -2.43. The van der Waals surface area contributed by atoms with E-state index in [0.29, 0.717) is 4.48 Å². The van der Waals surface area contributed by atoms with Crippen LogP contribution in [-0.4, -0.2) is 31.0 Å². The minimum Gasteiger partial charge on any atom is -0.266 e. The standard InChI is InChI=1S/C6H14NO/c1-5-7(3,4)6(2)8/h5H2,1-4H3/q+1. The van der Waals surface area contributed by atoms with Crippen LogP contribution in [0.25, 0.3) is 0 Å². The lowest BCUT2D eigenvalue weighted by molar-refractivity contribution is -0.811. The van der Waals surface area contributed by atoms with E-state index in [1.807, 2.05) is 21.0 Å². The molecule has 0 N–H and O–H groups in total. The summed E-state index contributed by atoms with van der Waals surface area (Å²) in [6.45, 7) is 4.49. The lowest BCUT2D eigenvalue weighted by Gasteiger charge is -2.22. The van der Waals surface area contributed by atoms with Gasteiger partial charge in [-0.25, -0.2) is 4.79 Å². The quantitative estimate of drug-likeness (QED) is 0.459. The van der Waals surface area contributed by atoms with Crippen LogP contribution in [0.2, 0.25) is 0 Å². The number of hydrogen-bond acceptors (Lipinski definition) is 1. The first-order valence-corrected chi connectivity index (χ1v) is 2.85. The van der Waals surface area contributed by atoms with Gasteiger partial charge in [0.05, 0.1) is 27.6 Å². The summed E-state index contributed by atoms with van der Waals surface area (Å²) in [6, 6.07) is 0. The van der Waals surface area contributed by atoms with Gasteiger partial charge in [0.25, 0.3) is 0 Å². The van der Waals surface area contributed by atoms with Crippen LogP contribution in [-0.2, 0) is 4.79 Å². The summed E-state index contributed by atoms with van der Waals surface area (Å²) in [4.78, 5) is 10.7. The molecule has 0 saturated carbocycles. The van der Waals surface area contributed by atoms with Gasteiger partial charge < -0.3 is 0 Å². The highest BCUT2D eigenvalue weighted by Crippen LogP contribution is 1.94. The summed E-state index contributed by atoms with van der Waals surface area (Å²) in [6.07, 6.45) is 0. The molecule has 0 atom stereocenters. The van der Waals surface area contributed by atoms with Crippen LogP contribution in [0, 0.1) is 0 Å². The highest BCUT2D eigenvalue weighted by atomic mass is 16.2. The maximum atomic E-state index is 10.7. The average Bonchev–Trinajstić information content (AvgIpc) is 1.67. The summed E-state index contributed by atoms with van der Waals surface area (Å²) in [5, 5.41) is 0. The molecule has 0 heterocycles. The first-order valence-electron chi connectivity index (χ1n) is 2.85. The molecule has 0 fully saturated rings. The number of rotatable bonds is 1. The van der Waals surface area contributed by atoms with Gasteiger partial charge in [-0.05, 0) is 6.92 Å². The van der Waals surface area contributed by atoms with Gasteiger partial charge in [-0.1, -0.05) is 0 Å². The van der Waals surface area contributed by atoms with Gasteiger partial charge in [0.2, 0.25) is 0 Å². The largest absolute Gasteiger partial charge is 0.310 e. The summed E-state index contributed by atoms with van der Waals surface area (Å²) >= 11 is 0. The molecule has 48 valence electrons. The summed E-state index contributed by atoms with van der Waals surface area (Å²) in [5.74, 6) is 0.215. The molecule has 2 heteroatoms. The van der Waals surface area contributed by atoms with E-state index in [1.165, 1.54) is 0 Å². The number of carbonyl (C=O) groups excluding carboxylic acids is 1. The van der Waals surface area contributed by atoms with Crippen molar-refractivity contribution < 1.29 is 9.28 Å². The lowest BCUT2D eigenvalue weighted by atomic mass is 10.4. The molecule has 0 aromatic heterocycles. The summed E-state index contributed by atoms with van der Waals surface area (Å²) in [7, 11) is 3.81. The van der Waals surface area contributed by atoms with Gasteiger partial charge in [0, 0.05) is 0 Å². The Kier molecular flexibility index (Phi) is 2.16. The van der Waals surface area contributed by atoms with Crippen molar-refractivity contribution in [3.8, 4) is 0 Å². The van der Waals surface area contributed by atoms with Gasteiger partial charge in [0.15, 0.2) is 0 Å². The maximum Gasteiger partial charge on any atom is 0.310 e. The van der Waals surface area contributed by atoms with Crippen LogP contribution < -0.4 is 0 Å². The Morgan fingerprint density at radius 1 is 1.50 bits per heavy atom. The number of nitrogens with zero attached hydrogens (tertiary/aromatic N) is 1. The normalized spacial score (nSPS) is 11.5. The molecular weight excluding hydrogens is 102 g/mol. The number of amides is 1. The molecule has 0 rings (SSSR count). The third-order valence-corrected chi connectivity index (χ3v) is 1.64. The van der Waals surface area contributed by atoms with E-state index < -0.39 is 0 Å². The minimum atomic E-state index is 0.215. The number of carbonyl (C=O) groups is 1. The molecule has 0 spiro atoms. The Morgan fingerprint density at radius 2 is 1.88 bits per heavy atom. The van der Waals surface area contributed by atoms with Crippen LogP contribution in [0.5, 0.6) is 0 Å². The van der Waals surface area contributed by atoms with Crippen molar-refractivity contribution >= 4 is 5.91 Å². The second-order valence-corrected chi connectivity index (χ2v) is 2.52. The van der Waals surface area contributed by atoms with Gasteiger partial charge in [-0.2, -0.15) is 0 Å². The molecule has 0 radical (unpaired) electrons. The first kappa shape index (κ1) is 7.63. The third kappa shape index (κ3) is 1.62. The fourth-order valence-corrected chi connectivity index (χ4v) is 0.223. The third-order valence-electron chi connectivity index (χ3n) is 1.64.